The molecule has 0 saturated carbocycles. The first-order valence-corrected chi connectivity index (χ1v) is 10.3. The molecule has 0 amide bonds. The standard InChI is InChI=1S/C18H18BrNO7S/c1-26-17(22)13-4-2-12(3-5-13)11-27-18(23)16(10-21)20-28(24,25)15-8-6-14(19)7-9-15/h2-9,16,20-21H,10-11H2,1H3. The van der Waals surface area contributed by atoms with Crippen LogP contribution in [-0.2, 0) is 30.9 Å². The lowest BCUT2D eigenvalue weighted by Crippen LogP contribution is -2.44. The molecule has 10 heteroatoms. The van der Waals surface area contributed by atoms with Crippen molar-refractivity contribution in [2.45, 2.75) is 17.5 Å². The van der Waals surface area contributed by atoms with Crippen molar-refractivity contribution in [1.82, 2.24) is 4.72 Å². The Morgan fingerprint density at radius 2 is 1.71 bits per heavy atom. The van der Waals surface area contributed by atoms with E-state index in [-0.39, 0.29) is 11.5 Å². The summed E-state index contributed by atoms with van der Waals surface area (Å²) in [5.74, 6) is -1.42. The monoisotopic (exact) mass is 471 g/mol. The summed E-state index contributed by atoms with van der Waals surface area (Å²) in [5.41, 5.74) is 0.918. The maximum atomic E-state index is 12.3. The Bertz CT molecular complexity index is 927. The van der Waals surface area contributed by atoms with Crippen molar-refractivity contribution in [2.24, 2.45) is 0 Å². The normalized spacial score (nSPS) is 12.2. The van der Waals surface area contributed by atoms with E-state index in [1.165, 1.54) is 31.4 Å². The molecule has 0 aliphatic heterocycles. The fourth-order valence-corrected chi connectivity index (χ4v) is 3.58. The number of carbonyl (C=O) groups excluding carboxylic acids is 2. The third kappa shape index (κ3) is 5.86. The number of aliphatic hydroxyl groups is 1. The van der Waals surface area contributed by atoms with E-state index in [4.69, 9.17) is 4.74 Å². The number of hydrogen-bond acceptors (Lipinski definition) is 7. The molecule has 1 unspecified atom stereocenters. The van der Waals surface area contributed by atoms with Crippen LogP contribution in [0.25, 0.3) is 0 Å². The molecule has 1 atom stereocenters. The molecule has 28 heavy (non-hydrogen) atoms. The van der Waals surface area contributed by atoms with Gasteiger partial charge in [0.25, 0.3) is 0 Å². The highest BCUT2D eigenvalue weighted by Crippen LogP contribution is 2.15. The van der Waals surface area contributed by atoms with Crippen LogP contribution in [0.2, 0.25) is 0 Å². The minimum atomic E-state index is -4.02. The fourth-order valence-electron chi connectivity index (χ4n) is 2.14. The van der Waals surface area contributed by atoms with Gasteiger partial charge >= 0.3 is 11.9 Å². The Kier molecular flexibility index (Phi) is 7.69. The number of benzene rings is 2. The van der Waals surface area contributed by atoms with Gasteiger partial charge in [0.05, 0.1) is 24.2 Å². The molecule has 0 aromatic heterocycles. The molecule has 0 heterocycles. The molecule has 2 N–H and O–H groups in total. The smallest absolute Gasteiger partial charge is 0.337 e. The van der Waals surface area contributed by atoms with E-state index in [1.54, 1.807) is 24.3 Å². The Morgan fingerprint density at radius 3 is 2.25 bits per heavy atom. The van der Waals surface area contributed by atoms with Gasteiger partial charge in [0.1, 0.15) is 12.6 Å². The second-order valence-electron chi connectivity index (χ2n) is 5.61. The zero-order valence-electron chi connectivity index (χ0n) is 14.8. The summed E-state index contributed by atoms with van der Waals surface area (Å²) in [6.45, 7) is -0.924. The number of carbonyl (C=O) groups is 2. The van der Waals surface area contributed by atoms with E-state index in [0.29, 0.717) is 15.6 Å². The van der Waals surface area contributed by atoms with Crippen molar-refractivity contribution in [3.05, 3.63) is 64.1 Å². The number of hydrogen-bond donors (Lipinski definition) is 2. The van der Waals surface area contributed by atoms with Gasteiger partial charge in [-0.05, 0) is 42.0 Å². The maximum Gasteiger partial charge on any atom is 0.337 e. The van der Waals surface area contributed by atoms with E-state index in [1.807, 2.05) is 0 Å². The molecule has 0 saturated heterocycles. The largest absolute Gasteiger partial charge is 0.465 e. The summed E-state index contributed by atoms with van der Waals surface area (Å²) in [4.78, 5) is 23.5. The van der Waals surface area contributed by atoms with Crippen molar-refractivity contribution >= 4 is 37.9 Å². The van der Waals surface area contributed by atoms with Gasteiger partial charge in [0.2, 0.25) is 10.0 Å². The number of methoxy groups -OCH3 is 1. The van der Waals surface area contributed by atoms with Gasteiger partial charge in [-0.1, -0.05) is 28.1 Å². The molecule has 0 radical (unpaired) electrons. The summed E-state index contributed by atoms with van der Waals surface area (Å²) in [6.07, 6.45) is 0. The number of aliphatic hydroxyl groups excluding tert-OH is 1. The Labute approximate surface area is 170 Å². The van der Waals surface area contributed by atoms with Crippen molar-refractivity contribution in [1.29, 1.82) is 0 Å². The SMILES string of the molecule is COC(=O)c1ccc(COC(=O)C(CO)NS(=O)(=O)c2ccc(Br)cc2)cc1. The number of nitrogens with one attached hydrogen (secondary N) is 1. The van der Waals surface area contributed by atoms with Crippen LogP contribution >= 0.6 is 15.9 Å². The van der Waals surface area contributed by atoms with Gasteiger partial charge in [-0.25, -0.2) is 13.2 Å². The molecule has 2 aromatic rings. The Balaban J connectivity index is 1.99. The molecular weight excluding hydrogens is 454 g/mol. The predicted molar refractivity (Wildman–Crippen MR) is 103 cm³/mol. The van der Waals surface area contributed by atoms with E-state index < -0.39 is 34.6 Å². The van der Waals surface area contributed by atoms with E-state index in [0.717, 1.165) is 0 Å². The number of sulfonamides is 1. The fraction of sp³-hybridized carbons (Fsp3) is 0.222. The van der Waals surface area contributed by atoms with Crippen molar-refractivity contribution in [3.8, 4) is 0 Å². The first-order chi connectivity index (χ1) is 13.3. The topological polar surface area (TPSA) is 119 Å². The van der Waals surface area contributed by atoms with Gasteiger partial charge < -0.3 is 14.6 Å². The first-order valence-electron chi connectivity index (χ1n) is 7.99. The van der Waals surface area contributed by atoms with Crippen molar-refractivity contribution < 1.29 is 32.6 Å². The van der Waals surface area contributed by atoms with Crippen LogP contribution in [0, 0.1) is 0 Å². The van der Waals surface area contributed by atoms with Gasteiger partial charge in [-0.15, -0.1) is 0 Å². The average Bonchev–Trinajstić information content (AvgIpc) is 2.70. The highest BCUT2D eigenvalue weighted by Gasteiger charge is 2.26. The summed E-state index contributed by atoms with van der Waals surface area (Å²) < 4.78 is 37.1. The minimum absolute atomic E-state index is 0.0552. The summed E-state index contributed by atoms with van der Waals surface area (Å²) in [5, 5.41) is 9.39. The molecule has 2 aromatic carbocycles. The second-order valence-corrected chi connectivity index (χ2v) is 8.24. The lowest BCUT2D eigenvalue weighted by Gasteiger charge is -2.16. The van der Waals surface area contributed by atoms with Crippen LogP contribution in [-0.4, -0.2) is 45.2 Å². The molecule has 8 nitrogen and oxygen atoms in total. The Morgan fingerprint density at radius 1 is 1.11 bits per heavy atom. The highest BCUT2D eigenvalue weighted by molar-refractivity contribution is 9.10. The lowest BCUT2D eigenvalue weighted by atomic mass is 10.1. The third-order valence-corrected chi connectivity index (χ3v) is 5.66. The van der Waals surface area contributed by atoms with Crippen LogP contribution in [0.4, 0.5) is 0 Å². The molecule has 2 rings (SSSR count). The predicted octanol–water partition coefficient (Wildman–Crippen LogP) is 1.62. The van der Waals surface area contributed by atoms with E-state index >= 15 is 0 Å². The summed E-state index contributed by atoms with van der Waals surface area (Å²) >= 11 is 3.20. The number of halogens is 1. The third-order valence-electron chi connectivity index (χ3n) is 3.64. The zero-order valence-corrected chi connectivity index (χ0v) is 17.2. The van der Waals surface area contributed by atoms with Gasteiger partial charge in [-0.2, -0.15) is 4.72 Å². The summed E-state index contributed by atoms with van der Waals surface area (Å²) in [6, 6.07) is 10.5. The van der Waals surface area contributed by atoms with Gasteiger partial charge in [0, 0.05) is 4.47 Å². The van der Waals surface area contributed by atoms with E-state index in [2.05, 4.69) is 25.4 Å². The molecule has 0 fully saturated rings. The van der Waals surface area contributed by atoms with Crippen molar-refractivity contribution in [3.63, 3.8) is 0 Å². The zero-order chi connectivity index (χ0) is 20.7. The van der Waals surface area contributed by atoms with Crippen molar-refractivity contribution in [2.75, 3.05) is 13.7 Å². The van der Waals surface area contributed by atoms with Crippen LogP contribution in [0.1, 0.15) is 15.9 Å². The van der Waals surface area contributed by atoms with E-state index in [9.17, 15) is 23.1 Å². The highest BCUT2D eigenvalue weighted by atomic mass is 79.9. The number of ether oxygens (including phenoxy) is 2. The van der Waals surface area contributed by atoms with Crippen LogP contribution < -0.4 is 4.72 Å². The molecule has 150 valence electrons. The lowest BCUT2D eigenvalue weighted by molar-refractivity contribution is -0.148. The molecule has 0 bridgehead atoms. The average molecular weight is 472 g/mol. The molecule has 0 spiro atoms. The first kappa shape index (κ1) is 22.0. The number of esters is 2. The second kappa shape index (κ2) is 9.78. The molecule has 0 aliphatic carbocycles. The number of rotatable bonds is 8. The van der Waals surface area contributed by atoms with Crippen LogP contribution in [0.15, 0.2) is 57.9 Å². The quantitative estimate of drug-likeness (QED) is 0.561. The Hall–Kier alpha value is -2.27. The molecule has 0 aliphatic rings. The van der Waals surface area contributed by atoms with Crippen LogP contribution in [0.3, 0.4) is 0 Å². The summed E-state index contributed by atoms with van der Waals surface area (Å²) in [7, 11) is -2.75. The van der Waals surface area contributed by atoms with Gasteiger partial charge in [-0.3, -0.25) is 4.79 Å². The van der Waals surface area contributed by atoms with Crippen LogP contribution in [0.5, 0.6) is 0 Å². The minimum Gasteiger partial charge on any atom is -0.465 e. The van der Waals surface area contributed by atoms with Gasteiger partial charge in [0.15, 0.2) is 0 Å². The maximum absolute atomic E-state index is 12.3. The molecular formula is C18H18BrNO7S.